The zero-order chi connectivity index (χ0) is 10.9. The second-order valence-corrected chi connectivity index (χ2v) is 4.78. The van der Waals surface area contributed by atoms with Crippen LogP contribution in [0, 0.1) is 0 Å². The lowest BCUT2D eigenvalue weighted by Gasteiger charge is -2.33. The number of anilines is 1. The number of rotatable bonds is 2. The summed E-state index contributed by atoms with van der Waals surface area (Å²) in [7, 11) is 0. The lowest BCUT2D eigenvalue weighted by Crippen LogP contribution is -2.38. The van der Waals surface area contributed by atoms with Crippen molar-refractivity contribution in [3.63, 3.8) is 0 Å². The minimum atomic E-state index is 0.271. The molecule has 0 bridgehead atoms. The molecule has 2 N–H and O–H groups in total. The van der Waals surface area contributed by atoms with E-state index in [4.69, 9.17) is 5.73 Å². The fourth-order valence-electron chi connectivity index (χ4n) is 2.33. The molecule has 0 aromatic carbocycles. The summed E-state index contributed by atoms with van der Waals surface area (Å²) in [5.41, 5.74) is 8.10. The fourth-order valence-corrected chi connectivity index (χ4v) is 2.33. The predicted molar refractivity (Wildman–Crippen MR) is 62.8 cm³/mol. The summed E-state index contributed by atoms with van der Waals surface area (Å²) in [5.74, 6) is 0. The number of nitrogens with zero attached hydrogens (tertiary/aromatic N) is 2. The molecule has 0 aliphatic carbocycles. The molecule has 15 heavy (non-hydrogen) atoms. The van der Waals surface area contributed by atoms with Gasteiger partial charge in [-0.2, -0.15) is 0 Å². The van der Waals surface area contributed by atoms with E-state index in [1.54, 1.807) is 0 Å². The Balaban J connectivity index is 2.29. The van der Waals surface area contributed by atoms with Crippen molar-refractivity contribution in [2.24, 2.45) is 5.73 Å². The van der Waals surface area contributed by atoms with Gasteiger partial charge in [0, 0.05) is 30.5 Å². The lowest BCUT2D eigenvalue weighted by molar-refractivity contribution is 0.517. The van der Waals surface area contributed by atoms with Crippen LogP contribution in [0.4, 0.5) is 5.69 Å². The van der Waals surface area contributed by atoms with Gasteiger partial charge < -0.3 is 10.6 Å². The van der Waals surface area contributed by atoms with Crippen LogP contribution < -0.4 is 10.6 Å². The molecule has 0 spiro atoms. The molecule has 1 aromatic rings. The third kappa shape index (κ3) is 1.97. The molecule has 2 rings (SSSR count). The van der Waals surface area contributed by atoms with Gasteiger partial charge in [-0.05, 0) is 38.8 Å². The summed E-state index contributed by atoms with van der Waals surface area (Å²) in [6, 6.07) is 4.18. The highest BCUT2D eigenvalue weighted by Crippen LogP contribution is 2.33. The molecule has 3 heteroatoms. The molecule has 0 saturated carbocycles. The first-order valence-corrected chi connectivity index (χ1v) is 5.56. The molecule has 1 aliphatic rings. The Morgan fingerprint density at radius 1 is 1.53 bits per heavy atom. The number of hydrogen-bond acceptors (Lipinski definition) is 3. The molecular formula is C12H19N3. The monoisotopic (exact) mass is 205 g/mol. The summed E-state index contributed by atoms with van der Waals surface area (Å²) in [6.45, 7) is 6.24. The van der Waals surface area contributed by atoms with Gasteiger partial charge in [0.1, 0.15) is 0 Å². The maximum Gasteiger partial charge on any atom is 0.0560 e. The van der Waals surface area contributed by atoms with E-state index < -0.39 is 0 Å². The van der Waals surface area contributed by atoms with E-state index in [0.29, 0.717) is 6.54 Å². The SMILES string of the molecule is CC1(C)CCCN1c1ccnc(CN)c1. The molecule has 0 unspecified atom stereocenters. The second-order valence-electron chi connectivity index (χ2n) is 4.78. The Morgan fingerprint density at radius 3 is 2.93 bits per heavy atom. The molecule has 0 atom stereocenters. The van der Waals surface area contributed by atoms with Gasteiger partial charge in [0.05, 0.1) is 5.69 Å². The highest BCUT2D eigenvalue weighted by molar-refractivity contribution is 5.50. The smallest absolute Gasteiger partial charge is 0.0560 e. The molecule has 1 aromatic heterocycles. The summed E-state index contributed by atoms with van der Waals surface area (Å²) in [5, 5.41) is 0. The normalized spacial score (nSPS) is 19.5. The van der Waals surface area contributed by atoms with E-state index >= 15 is 0 Å². The van der Waals surface area contributed by atoms with Crippen LogP contribution in [0.5, 0.6) is 0 Å². The van der Waals surface area contributed by atoms with Crippen molar-refractivity contribution in [2.75, 3.05) is 11.4 Å². The van der Waals surface area contributed by atoms with Gasteiger partial charge in [-0.1, -0.05) is 0 Å². The zero-order valence-corrected chi connectivity index (χ0v) is 9.53. The second kappa shape index (κ2) is 3.81. The highest BCUT2D eigenvalue weighted by Gasteiger charge is 2.31. The Kier molecular flexibility index (Phi) is 2.65. The van der Waals surface area contributed by atoms with E-state index in [2.05, 4.69) is 35.9 Å². The van der Waals surface area contributed by atoms with Crippen molar-refractivity contribution >= 4 is 5.69 Å². The molecule has 1 saturated heterocycles. The van der Waals surface area contributed by atoms with Gasteiger partial charge in [0.2, 0.25) is 0 Å². The Hall–Kier alpha value is -1.09. The zero-order valence-electron chi connectivity index (χ0n) is 9.53. The van der Waals surface area contributed by atoms with Crippen LogP contribution in [0.15, 0.2) is 18.3 Å². The first kappa shape index (κ1) is 10.4. The topological polar surface area (TPSA) is 42.2 Å². The minimum absolute atomic E-state index is 0.271. The number of hydrogen-bond donors (Lipinski definition) is 1. The Morgan fingerprint density at radius 2 is 2.33 bits per heavy atom. The molecule has 82 valence electrons. The van der Waals surface area contributed by atoms with Crippen LogP contribution in [0.3, 0.4) is 0 Å². The molecule has 3 nitrogen and oxygen atoms in total. The average Bonchev–Trinajstić information content (AvgIpc) is 2.58. The lowest BCUT2D eigenvalue weighted by atomic mass is 10.0. The molecular weight excluding hydrogens is 186 g/mol. The summed E-state index contributed by atoms with van der Waals surface area (Å²) in [4.78, 5) is 6.68. The summed E-state index contributed by atoms with van der Waals surface area (Å²) in [6.07, 6.45) is 4.38. The van der Waals surface area contributed by atoms with Gasteiger partial charge in [0.25, 0.3) is 0 Å². The van der Waals surface area contributed by atoms with Crippen molar-refractivity contribution in [3.05, 3.63) is 24.0 Å². The first-order chi connectivity index (χ1) is 7.13. The Labute approximate surface area is 91.3 Å². The largest absolute Gasteiger partial charge is 0.366 e. The molecule has 0 amide bonds. The van der Waals surface area contributed by atoms with Crippen LogP contribution in [0.1, 0.15) is 32.4 Å². The van der Waals surface area contributed by atoms with Gasteiger partial charge >= 0.3 is 0 Å². The fraction of sp³-hybridized carbons (Fsp3) is 0.583. The van der Waals surface area contributed by atoms with E-state index in [1.807, 2.05) is 6.20 Å². The predicted octanol–water partition coefficient (Wildman–Crippen LogP) is 1.92. The maximum absolute atomic E-state index is 5.60. The van der Waals surface area contributed by atoms with Crippen LogP contribution in [-0.2, 0) is 6.54 Å². The third-order valence-electron chi connectivity index (χ3n) is 3.22. The van der Waals surface area contributed by atoms with E-state index in [-0.39, 0.29) is 5.54 Å². The first-order valence-electron chi connectivity index (χ1n) is 5.56. The van der Waals surface area contributed by atoms with Crippen molar-refractivity contribution in [1.82, 2.24) is 4.98 Å². The number of aromatic nitrogens is 1. The minimum Gasteiger partial charge on any atom is -0.366 e. The van der Waals surface area contributed by atoms with Crippen molar-refractivity contribution in [3.8, 4) is 0 Å². The molecule has 1 fully saturated rings. The van der Waals surface area contributed by atoms with Crippen molar-refractivity contribution < 1.29 is 0 Å². The summed E-state index contributed by atoms with van der Waals surface area (Å²) < 4.78 is 0. The van der Waals surface area contributed by atoms with E-state index in [0.717, 1.165) is 12.2 Å². The van der Waals surface area contributed by atoms with Crippen LogP contribution in [0.2, 0.25) is 0 Å². The van der Waals surface area contributed by atoms with Crippen molar-refractivity contribution in [1.29, 1.82) is 0 Å². The van der Waals surface area contributed by atoms with E-state index in [1.165, 1.54) is 18.5 Å². The third-order valence-corrected chi connectivity index (χ3v) is 3.22. The number of nitrogens with two attached hydrogens (primary N) is 1. The molecule has 1 aliphatic heterocycles. The van der Waals surface area contributed by atoms with Crippen LogP contribution >= 0.6 is 0 Å². The van der Waals surface area contributed by atoms with Gasteiger partial charge in [-0.25, -0.2) is 0 Å². The van der Waals surface area contributed by atoms with Crippen LogP contribution in [0.25, 0.3) is 0 Å². The average molecular weight is 205 g/mol. The van der Waals surface area contributed by atoms with Gasteiger partial charge in [-0.3, -0.25) is 4.98 Å². The Bertz CT molecular complexity index is 346. The quantitative estimate of drug-likeness (QED) is 0.802. The van der Waals surface area contributed by atoms with Gasteiger partial charge in [0.15, 0.2) is 0 Å². The molecule has 2 heterocycles. The molecule has 0 radical (unpaired) electrons. The highest BCUT2D eigenvalue weighted by atomic mass is 15.2. The summed E-state index contributed by atoms with van der Waals surface area (Å²) >= 11 is 0. The van der Waals surface area contributed by atoms with E-state index in [9.17, 15) is 0 Å². The van der Waals surface area contributed by atoms with Crippen LogP contribution in [-0.4, -0.2) is 17.1 Å². The van der Waals surface area contributed by atoms with Crippen molar-refractivity contribution in [2.45, 2.75) is 38.8 Å². The standard InChI is InChI=1S/C12H19N3/c1-12(2)5-3-7-15(12)11-4-6-14-10(8-11)9-13/h4,6,8H,3,5,7,9,13H2,1-2H3. The number of pyridine rings is 1. The maximum atomic E-state index is 5.60. The van der Waals surface area contributed by atoms with Gasteiger partial charge in [-0.15, -0.1) is 0 Å².